The smallest absolute Gasteiger partial charge is 0.257 e. The molecule has 2 N–H and O–H groups in total. The van der Waals surface area contributed by atoms with Crippen LogP contribution >= 0.6 is 0 Å². The Morgan fingerprint density at radius 2 is 1.89 bits per heavy atom. The maximum atomic E-state index is 12.3. The number of nitrogens with one attached hydrogen (secondary N) is 2. The lowest BCUT2D eigenvalue weighted by atomic mass is 10.1. The number of carbonyl (C=O) groups excluding carboxylic acids is 1. The molecular formula is C16H18N2O. The molecule has 19 heavy (non-hydrogen) atoms. The van der Waals surface area contributed by atoms with E-state index in [1.54, 1.807) is 0 Å². The van der Waals surface area contributed by atoms with Crippen molar-refractivity contribution in [3.8, 4) is 0 Å². The summed E-state index contributed by atoms with van der Waals surface area (Å²) in [5.41, 5.74) is 3.45. The van der Waals surface area contributed by atoms with Gasteiger partial charge in [0.25, 0.3) is 5.91 Å². The first kappa shape index (κ1) is 13.1. The van der Waals surface area contributed by atoms with Gasteiger partial charge in [-0.05, 0) is 43.7 Å². The Bertz CT molecular complexity index is 578. The molecule has 0 unspecified atom stereocenters. The lowest BCUT2D eigenvalue weighted by Crippen LogP contribution is -2.14. The molecule has 2 aromatic rings. The van der Waals surface area contributed by atoms with Gasteiger partial charge in [-0.1, -0.05) is 24.3 Å². The molecule has 0 saturated heterocycles. The number of para-hydroxylation sites is 1. The molecule has 0 aliphatic rings. The van der Waals surface area contributed by atoms with Crippen LogP contribution < -0.4 is 10.6 Å². The highest BCUT2D eigenvalue weighted by Crippen LogP contribution is 2.17. The van der Waals surface area contributed by atoms with Crippen LogP contribution in [0.1, 0.15) is 22.8 Å². The van der Waals surface area contributed by atoms with Crippen LogP contribution in [-0.2, 0) is 0 Å². The maximum absolute atomic E-state index is 12.3. The Balaban J connectivity index is 2.20. The Morgan fingerprint density at radius 1 is 1.11 bits per heavy atom. The normalized spacial score (nSPS) is 10.0. The first-order valence-corrected chi connectivity index (χ1v) is 6.41. The van der Waals surface area contributed by atoms with E-state index in [4.69, 9.17) is 0 Å². The molecule has 3 heteroatoms. The average Bonchev–Trinajstić information content (AvgIpc) is 2.39. The number of amides is 1. The molecular weight excluding hydrogens is 236 g/mol. The van der Waals surface area contributed by atoms with Crippen LogP contribution in [0.5, 0.6) is 0 Å². The summed E-state index contributed by atoms with van der Waals surface area (Å²) in [6, 6.07) is 15.3. The summed E-state index contributed by atoms with van der Waals surface area (Å²) in [4.78, 5) is 12.3. The number of hydrogen-bond donors (Lipinski definition) is 2. The zero-order chi connectivity index (χ0) is 13.7. The highest BCUT2D eigenvalue weighted by molar-refractivity contribution is 6.08. The van der Waals surface area contributed by atoms with Crippen molar-refractivity contribution in [2.75, 3.05) is 17.2 Å². The monoisotopic (exact) mass is 254 g/mol. The Morgan fingerprint density at radius 3 is 2.63 bits per heavy atom. The van der Waals surface area contributed by atoms with E-state index in [2.05, 4.69) is 10.6 Å². The minimum Gasteiger partial charge on any atom is -0.385 e. The second-order valence-electron chi connectivity index (χ2n) is 4.40. The fraction of sp³-hybridized carbons (Fsp3) is 0.188. The molecule has 0 aromatic heterocycles. The van der Waals surface area contributed by atoms with E-state index in [0.29, 0.717) is 5.56 Å². The molecule has 3 nitrogen and oxygen atoms in total. The lowest BCUT2D eigenvalue weighted by molar-refractivity contribution is 0.102. The summed E-state index contributed by atoms with van der Waals surface area (Å²) < 4.78 is 0. The van der Waals surface area contributed by atoms with Crippen LogP contribution in [0.3, 0.4) is 0 Å². The summed E-state index contributed by atoms with van der Waals surface area (Å²) in [6.07, 6.45) is 0. The standard InChI is InChI=1S/C16H18N2O/c1-3-17-15-10-5-4-9-14(15)16(19)18-13-8-6-7-12(2)11-13/h4-11,17H,3H2,1-2H3,(H,18,19). The van der Waals surface area contributed by atoms with Crippen molar-refractivity contribution in [3.63, 3.8) is 0 Å². The third kappa shape index (κ3) is 3.35. The number of anilines is 2. The summed E-state index contributed by atoms with van der Waals surface area (Å²) >= 11 is 0. The number of hydrogen-bond acceptors (Lipinski definition) is 2. The number of benzene rings is 2. The third-order valence-electron chi connectivity index (χ3n) is 2.81. The summed E-state index contributed by atoms with van der Waals surface area (Å²) in [5.74, 6) is -0.0952. The van der Waals surface area contributed by atoms with Crippen LogP contribution in [0.4, 0.5) is 11.4 Å². The Labute approximate surface area is 113 Å². The number of aryl methyl sites for hydroxylation is 1. The molecule has 0 heterocycles. The van der Waals surface area contributed by atoms with Crippen molar-refractivity contribution < 1.29 is 4.79 Å². The fourth-order valence-corrected chi connectivity index (χ4v) is 1.95. The van der Waals surface area contributed by atoms with E-state index in [1.165, 1.54) is 0 Å². The van der Waals surface area contributed by atoms with Crippen molar-refractivity contribution >= 4 is 17.3 Å². The third-order valence-corrected chi connectivity index (χ3v) is 2.81. The van der Waals surface area contributed by atoms with Gasteiger partial charge in [0.15, 0.2) is 0 Å². The van der Waals surface area contributed by atoms with Gasteiger partial charge in [0, 0.05) is 17.9 Å². The van der Waals surface area contributed by atoms with Crippen molar-refractivity contribution in [3.05, 3.63) is 59.7 Å². The minimum absolute atomic E-state index is 0.0952. The van der Waals surface area contributed by atoms with E-state index >= 15 is 0 Å². The molecule has 0 bridgehead atoms. The molecule has 2 aromatic carbocycles. The van der Waals surface area contributed by atoms with E-state index in [-0.39, 0.29) is 5.91 Å². The van der Waals surface area contributed by atoms with Gasteiger partial charge in [0.1, 0.15) is 0 Å². The van der Waals surface area contributed by atoms with E-state index < -0.39 is 0 Å². The molecule has 0 aliphatic carbocycles. The van der Waals surface area contributed by atoms with Gasteiger partial charge >= 0.3 is 0 Å². The van der Waals surface area contributed by atoms with Gasteiger partial charge in [0.2, 0.25) is 0 Å². The molecule has 0 aliphatic heterocycles. The molecule has 0 atom stereocenters. The van der Waals surface area contributed by atoms with Gasteiger partial charge in [-0.2, -0.15) is 0 Å². The second-order valence-corrected chi connectivity index (χ2v) is 4.40. The highest BCUT2D eigenvalue weighted by atomic mass is 16.1. The van der Waals surface area contributed by atoms with E-state index in [1.807, 2.05) is 62.4 Å². The average molecular weight is 254 g/mol. The Hall–Kier alpha value is -2.29. The number of rotatable bonds is 4. The van der Waals surface area contributed by atoms with Crippen molar-refractivity contribution in [2.45, 2.75) is 13.8 Å². The molecule has 0 fully saturated rings. The van der Waals surface area contributed by atoms with Crippen LogP contribution in [0.15, 0.2) is 48.5 Å². The van der Waals surface area contributed by atoms with Crippen LogP contribution in [0, 0.1) is 6.92 Å². The zero-order valence-corrected chi connectivity index (χ0v) is 11.2. The minimum atomic E-state index is -0.0952. The summed E-state index contributed by atoms with van der Waals surface area (Å²) in [6.45, 7) is 4.80. The summed E-state index contributed by atoms with van der Waals surface area (Å²) in [7, 11) is 0. The second kappa shape index (κ2) is 6.05. The Kier molecular flexibility index (Phi) is 4.18. The van der Waals surface area contributed by atoms with Crippen molar-refractivity contribution in [1.82, 2.24) is 0 Å². The molecule has 0 radical (unpaired) electrons. The van der Waals surface area contributed by atoms with Crippen LogP contribution in [-0.4, -0.2) is 12.5 Å². The molecule has 2 rings (SSSR count). The van der Waals surface area contributed by atoms with E-state index in [0.717, 1.165) is 23.5 Å². The fourth-order valence-electron chi connectivity index (χ4n) is 1.95. The zero-order valence-electron chi connectivity index (χ0n) is 11.2. The van der Waals surface area contributed by atoms with Gasteiger partial charge in [0.05, 0.1) is 5.56 Å². The van der Waals surface area contributed by atoms with Crippen LogP contribution in [0.25, 0.3) is 0 Å². The van der Waals surface area contributed by atoms with Crippen LogP contribution in [0.2, 0.25) is 0 Å². The van der Waals surface area contributed by atoms with Crippen molar-refractivity contribution in [1.29, 1.82) is 0 Å². The topological polar surface area (TPSA) is 41.1 Å². The van der Waals surface area contributed by atoms with Crippen molar-refractivity contribution in [2.24, 2.45) is 0 Å². The summed E-state index contributed by atoms with van der Waals surface area (Å²) in [5, 5.41) is 6.11. The lowest BCUT2D eigenvalue weighted by Gasteiger charge is -2.11. The first-order valence-electron chi connectivity index (χ1n) is 6.41. The van der Waals surface area contributed by atoms with Gasteiger partial charge in [-0.25, -0.2) is 0 Å². The maximum Gasteiger partial charge on any atom is 0.257 e. The predicted octanol–water partition coefficient (Wildman–Crippen LogP) is 3.68. The van der Waals surface area contributed by atoms with Gasteiger partial charge < -0.3 is 10.6 Å². The largest absolute Gasteiger partial charge is 0.385 e. The SMILES string of the molecule is CCNc1ccccc1C(=O)Nc1cccc(C)c1. The number of carbonyl (C=O) groups is 1. The highest BCUT2D eigenvalue weighted by Gasteiger charge is 2.10. The molecule has 0 spiro atoms. The van der Waals surface area contributed by atoms with Gasteiger partial charge in [-0.15, -0.1) is 0 Å². The first-order chi connectivity index (χ1) is 9.20. The van der Waals surface area contributed by atoms with Gasteiger partial charge in [-0.3, -0.25) is 4.79 Å². The van der Waals surface area contributed by atoms with E-state index in [9.17, 15) is 4.79 Å². The quantitative estimate of drug-likeness (QED) is 0.873. The molecule has 98 valence electrons. The molecule has 0 saturated carbocycles. The predicted molar refractivity (Wildman–Crippen MR) is 79.7 cm³/mol. The molecule has 1 amide bonds.